The van der Waals surface area contributed by atoms with Crippen molar-refractivity contribution in [1.29, 1.82) is 0 Å². The first-order valence-corrected chi connectivity index (χ1v) is 9.87. The van der Waals surface area contributed by atoms with Crippen LogP contribution in [0.3, 0.4) is 0 Å². The van der Waals surface area contributed by atoms with E-state index in [0.29, 0.717) is 24.4 Å². The molecular formula is C24H36O2. The minimum absolute atomic E-state index is 0.289. The molecule has 0 aromatic heterocycles. The van der Waals surface area contributed by atoms with Crippen molar-refractivity contribution in [2.75, 3.05) is 13.2 Å². The van der Waals surface area contributed by atoms with E-state index in [9.17, 15) is 0 Å². The molecule has 0 spiro atoms. The van der Waals surface area contributed by atoms with Gasteiger partial charge in [-0.25, -0.2) is 0 Å². The number of benzene rings is 2. The lowest BCUT2D eigenvalue weighted by molar-refractivity contribution is 0.225. The molecule has 0 bridgehead atoms. The van der Waals surface area contributed by atoms with E-state index in [1.807, 2.05) is 12.1 Å². The second-order valence-corrected chi connectivity index (χ2v) is 7.50. The van der Waals surface area contributed by atoms with Crippen molar-refractivity contribution in [3.05, 3.63) is 71.8 Å². The molecule has 2 aromatic carbocycles. The maximum absolute atomic E-state index is 8.93. The first-order chi connectivity index (χ1) is 12.6. The molecule has 2 N–H and O–H groups in total. The van der Waals surface area contributed by atoms with Crippen molar-refractivity contribution in [3.8, 4) is 0 Å². The Morgan fingerprint density at radius 3 is 1.81 bits per heavy atom. The van der Waals surface area contributed by atoms with Crippen LogP contribution in [0.2, 0.25) is 0 Å². The third-order valence-electron chi connectivity index (χ3n) is 4.75. The van der Waals surface area contributed by atoms with E-state index in [4.69, 9.17) is 10.2 Å². The smallest absolute Gasteiger partial charge is 0.0456 e. The van der Waals surface area contributed by atoms with Gasteiger partial charge in [0.05, 0.1) is 0 Å². The Kier molecular flexibility index (Phi) is 11.7. The van der Waals surface area contributed by atoms with Gasteiger partial charge in [-0.3, -0.25) is 0 Å². The highest BCUT2D eigenvalue weighted by Crippen LogP contribution is 2.22. The molecule has 0 heterocycles. The number of aliphatic hydroxyl groups is 2. The first-order valence-electron chi connectivity index (χ1n) is 9.87. The predicted octanol–water partition coefficient (Wildman–Crippen LogP) is 5.45. The molecule has 0 fully saturated rings. The number of hydrogen-bond donors (Lipinski definition) is 2. The van der Waals surface area contributed by atoms with Crippen molar-refractivity contribution in [1.82, 2.24) is 0 Å². The molecule has 0 radical (unpaired) electrons. The summed E-state index contributed by atoms with van der Waals surface area (Å²) in [6.45, 7) is 6.98. The van der Waals surface area contributed by atoms with Crippen LogP contribution in [0.4, 0.5) is 0 Å². The molecule has 2 nitrogen and oxygen atoms in total. The van der Waals surface area contributed by atoms with Gasteiger partial charge in [0.25, 0.3) is 0 Å². The van der Waals surface area contributed by atoms with E-state index in [0.717, 1.165) is 19.3 Å². The molecule has 0 saturated carbocycles. The van der Waals surface area contributed by atoms with E-state index >= 15 is 0 Å². The quantitative estimate of drug-likeness (QED) is 0.627. The highest BCUT2D eigenvalue weighted by molar-refractivity contribution is 5.18. The van der Waals surface area contributed by atoms with Crippen LogP contribution in [0, 0.1) is 11.8 Å². The lowest BCUT2D eigenvalue weighted by Crippen LogP contribution is -2.05. The van der Waals surface area contributed by atoms with Gasteiger partial charge in [0.15, 0.2) is 0 Å². The van der Waals surface area contributed by atoms with Crippen LogP contribution < -0.4 is 0 Å². The Hall–Kier alpha value is -1.64. The van der Waals surface area contributed by atoms with Gasteiger partial charge in [-0.15, -0.1) is 0 Å². The highest BCUT2D eigenvalue weighted by Gasteiger charge is 2.09. The van der Waals surface area contributed by atoms with Crippen LogP contribution in [-0.4, -0.2) is 23.4 Å². The van der Waals surface area contributed by atoms with Gasteiger partial charge in [0.1, 0.15) is 0 Å². The van der Waals surface area contributed by atoms with Crippen molar-refractivity contribution >= 4 is 0 Å². The minimum Gasteiger partial charge on any atom is -0.396 e. The standard InChI is InChI=1S/2C12H18O/c1-10(9-13)8-11(2)12-6-4-3-5-7-12;1-11(10-13)6-5-9-12-7-3-2-4-8-12/h3-7,10-11,13H,8-9H2,1-2H3;2-4,7-8,11,13H,5-6,9-10H2,1H3. The second kappa shape index (κ2) is 13.5. The average Bonchev–Trinajstić information content (AvgIpc) is 2.69. The maximum Gasteiger partial charge on any atom is 0.0456 e. The third kappa shape index (κ3) is 9.74. The summed E-state index contributed by atoms with van der Waals surface area (Å²) in [5.74, 6) is 1.39. The fourth-order valence-electron chi connectivity index (χ4n) is 2.99. The van der Waals surface area contributed by atoms with Crippen LogP contribution >= 0.6 is 0 Å². The molecule has 26 heavy (non-hydrogen) atoms. The van der Waals surface area contributed by atoms with E-state index in [1.165, 1.54) is 17.5 Å². The lowest BCUT2D eigenvalue weighted by atomic mass is 9.92. The Morgan fingerprint density at radius 1 is 0.731 bits per heavy atom. The van der Waals surface area contributed by atoms with Crippen LogP contribution in [0.5, 0.6) is 0 Å². The normalized spacial score (nSPS) is 14.0. The molecule has 0 amide bonds. The fourth-order valence-corrected chi connectivity index (χ4v) is 2.99. The molecule has 2 heteroatoms. The molecule has 3 atom stereocenters. The van der Waals surface area contributed by atoms with E-state index < -0.39 is 0 Å². The Morgan fingerprint density at radius 2 is 1.27 bits per heavy atom. The third-order valence-corrected chi connectivity index (χ3v) is 4.75. The summed E-state index contributed by atoms with van der Waals surface area (Å²) >= 11 is 0. The van der Waals surface area contributed by atoms with E-state index in [2.05, 4.69) is 69.3 Å². The summed E-state index contributed by atoms with van der Waals surface area (Å²) in [7, 11) is 0. The van der Waals surface area contributed by atoms with Gasteiger partial charge in [-0.2, -0.15) is 0 Å². The molecule has 0 aliphatic carbocycles. The van der Waals surface area contributed by atoms with Crippen LogP contribution in [0.15, 0.2) is 60.7 Å². The summed E-state index contributed by atoms with van der Waals surface area (Å²) in [6, 6.07) is 21.0. The Labute approximate surface area is 159 Å². The Balaban J connectivity index is 0.000000260. The summed E-state index contributed by atoms with van der Waals surface area (Å²) in [5, 5.41) is 17.8. The number of aryl methyl sites for hydroxylation is 1. The highest BCUT2D eigenvalue weighted by atomic mass is 16.3. The van der Waals surface area contributed by atoms with Crippen molar-refractivity contribution in [3.63, 3.8) is 0 Å². The SMILES string of the molecule is CC(CO)CC(C)c1ccccc1.CC(CO)CCCc1ccccc1. The summed E-state index contributed by atoms with van der Waals surface area (Å²) in [5.41, 5.74) is 2.76. The van der Waals surface area contributed by atoms with Gasteiger partial charge in [0.2, 0.25) is 0 Å². The monoisotopic (exact) mass is 356 g/mol. The topological polar surface area (TPSA) is 40.5 Å². The second-order valence-electron chi connectivity index (χ2n) is 7.50. The first kappa shape index (κ1) is 22.4. The molecule has 144 valence electrons. The molecule has 0 aliphatic rings. The van der Waals surface area contributed by atoms with Gasteiger partial charge >= 0.3 is 0 Å². The van der Waals surface area contributed by atoms with Crippen molar-refractivity contribution in [2.24, 2.45) is 11.8 Å². The van der Waals surface area contributed by atoms with Crippen LogP contribution in [-0.2, 0) is 6.42 Å². The van der Waals surface area contributed by atoms with Crippen LogP contribution in [0.25, 0.3) is 0 Å². The lowest BCUT2D eigenvalue weighted by Gasteiger charge is -2.15. The minimum atomic E-state index is 0.289. The number of rotatable bonds is 9. The number of aliphatic hydroxyl groups excluding tert-OH is 2. The summed E-state index contributed by atoms with van der Waals surface area (Å²) in [4.78, 5) is 0. The fraction of sp³-hybridized carbons (Fsp3) is 0.500. The molecule has 0 saturated heterocycles. The summed E-state index contributed by atoms with van der Waals surface area (Å²) in [6.07, 6.45) is 4.48. The van der Waals surface area contributed by atoms with E-state index in [1.54, 1.807) is 0 Å². The molecule has 2 rings (SSSR count). The van der Waals surface area contributed by atoms with Gasteiger partial charge in [-0.1, -0.05) is 81.4 Å². The maximum atomic E-state index is 8.93. The van der Waals surface area contributed by atoms with Crippen molar-refractivity contribution < 1.29 is 10.2 Å². The van der Waals surface area contributed by atoms with Crippen LogP contribution in [0.1, 0.15) is 57.1 Å². The molecule has 3 unspecified atom stereocenters. The Bertz CT molecular complexity index is 553. The molecule has 0 aliphatic heterocycles. The average molecular weight is 357 g/mol. The van der Waals surface area contributed by atoms with Gasteiger partial charge < -0.3 is 10.2 Å². The molecule has 2 aromatic rings. The van der Waals surface area contributed by atoms with Crippen molar-refractivity contribution in [2.45, 2.75) is 52.4 Å². The zero-order chi connectivity index (χ0) is 19.2. The zero-order valence-electron chi connectivity index (χ0n) is 16.6. The summed E-state index contributed by atoms with van der Waals surface area (Å²) < 4.78 is 0. The van der Waals surface area contributed by atoms with E-state index in [-0.39, 0.29) is 6.61 Å². The number of hydrogen-bond acceptors (Lipinski definition) is 2. The zero-order valence-corrected chi connectivity index (χ0v) is 16.6. The largest absolute Gasteiger partial charge is 0.396 e. The molecular weight excluding hydrogens is 320 g/mol. The van der Waals surface area contributed by atoms with Gasteiger partial charge in [-0.05, 0) is 54.6 Å². The van der Waals surface area contributed by atoms with Gasteiger partial charge in [0, 0.05) is 13.2 Å². The predicted molar refractivity (Wildman–Crippen MR) is 111 cm³/mol.